The number of anilines is 1. The summed E-state index contributed by atoms with van der Waals surface area (Å²) in [5.41, 5.74) is 1.26. The van der Waals surface area contributed by atoms with E-state index in [2.05, 4.69) is 9.69 Å². The molecule has 1 heterocycles. The maximum atomic E-state index is 11.7. The zero-order valence-electron chi connectivity index (χ0n) is 10.4. The van der Waals surface area contributed by atoms with Crippen LogP contribution in [0, 0.1) is 6.92 Å². The van der Waals surface area contributed by atoms with Crippen LogP contribution in [0.4, 0.5) is 5.00 Å². The van der Waals surface area contributed by atoms with Crippen molar-refractivity contribution < 1.29 is 14.3 Å². The number of nitrogens with one attached hydrogen (secondary N) is 1. The fraction of sp³-hybridized carbons (Fsp3) is 0.636. The van der Waals surface area contributed by atoms with Gasteiger partial charge in [-0.15, -0.1) is 0 Å². The van der Waals surface area contributed by atoms with E-state index in [1.165, 1.54) is 11.5 Å². The second-order valence-electron chi connectivity index (χ2n) is 3.47. The molecule has 0 fully saturated rings. The molecule has 0 radical (unpaired) electrons. The topological polar surface area (TPSA) is 60.5 Å². The van der Waals surface area contributed by atoms with E-state index in [9.17, 15) is 4.79 Å². The summed E-state index contributed by atoms with van der Waals surface area (Å²) >= 11 is 1.29. The molecule has 0 spiro atoms. The molecule has 0 atom stereocenters. The maximum absolute atomic E-state index is 11.7. The smallest absolute Gasteiger partial charge is 0.343 e. The minimum Gasteiger partial charge on any atom is -0.462 e. The third kappa shape index (κ3) is 3.98. The Morgan fingerprint density at radius 3 is 2.94 bits per heavy atom. The monoisotopic (exact) mass is 258 g/mol. The van der Waals surface area contributed by atoms with Crippen LogP contribution >= 0.6 is 11.5 Å². The Hall–Kier alpha value is -1.14. The Morgan fingerprint density at radius 2 is 2.29 bits per heavy atom. The van der Waals surface area contributed by atoms with E-state index >= 15 is 0 Å². The number of hydrogen-bond acceptors (Lipinski definition) is 6. The van der Waals surface area contributed by atoms with Crippen LogP contribution in [0.3, 0.4) is 0 Å². The Balaban J connectivity index is 2.62. The number of carbonyl (C=O) groups is 1. The lowest BCUT2D eigenvalue weighted by molar-refractivity contribution is 0.0527. The van der Waals surface area contributed by atoms with Gasteiger partial charge in [0.05, 0.1) is 12.3 Å². The summed E-state index contributed by atoms with van der Waals surface area (Å²) < 4.78 is 14.1. The standard InChI is InChI=1S/C11H18N2O3S/c1-4-16-11(14)9-8(2)13-17-10(9)12-6-5-7-15-3/h12H,4-7H2,1-3H3. The van der Waals surface area contributed by atoms with Crippen LogP contribution in [0.15, 0.2) is 0 Å². The first kappa shape index (κ1) is 13.9. The van der Waals surface area contributed by atoms with Crippen LogP contribution in [-0.4, -0.2) is 37.2 Å². The number of methoxy groups -OCH3 is 1. The van der Waals surface area contributed by atoms with Crippen molar-refractivity contribution in [1.29, 1.82) is 0 Å². The number of hydrogen-bond donors (Lipinski definition) is 1. The van der Waals surface area contributed by atoms with Gasteiger partial charge in [0.15, 0.2) is 0 Å². The van der Waals surface area contributed by atoms with E-state index < -0.39 is 0 Å². The normalized spacial score (nSPS) is 10.3. The van der Waals surface area contributed by atoms with Gasteiger partial charge in [-0.25, -0.2) is 4.79 Å². The molecule has 0 bridgehead atoms. The van der Waals surface area contributed by atoms with E-state index in [0.717, 1.165) is 18.0 Å². The molecule has 0 unspecified atom stereocenters. The van der Waals surface area contributed by atoms with Crippen molar-refractivity contribution in [3.63, 3.8) is 0 Å². The largest absolute Gasteiger partial charge is 0.462 e. The fourth-order valence-electron chi connectivity index (χ4n) is 1.35. The quantitative estimate of drug-likeness (QED) is 0.599. The minimum absolute atomic E-state index is 0.312. The molecular formula is C11H18N2O3S. The summed E-state index contributed by atoms with van der Waals surface area (Å²) in [6.45, 7) is 5.42. The Bertz CT molecular complexity index is 366. The van der Waals surface area contributed by atoms with Crippen molar-refractivity contribution >= 4 is 22.5 Å². The molecule has 1 N–H and O–H groups in total. The van der Waals surface area contributed by atoms with E-state index in [0.29, 0.717) is 24.5 Å². The minimum atomic E-state index is -0.312. The van der Waals surface area contributed by atoms with Gasteiger partial charge in [0.25, 0.3) is 0 Å². The number of carbonyl (C=O) groups excluding carboxylic acids is 1. The average Bonchev–Trinajstić information content (AvgIpc) is 2.66. The van der Waals surface area contributed by atoms with Gasteiger partial charge in [0.1, 0.15) is 10.6 Å². The number of rotatable bonds is 7. The van der Waals surface area contributed by atoms with E-state index in [1.54, 1.807) is 14.0 Å². The van der Waals surface area contributed by atoms with Crippen molar-refractivity contribution in [3.05, 3.63) is 11.3 Å². The average molecular weight is 258 g/mol. The van der Waals surface area contributed by atoms with Gasteiger partial charge in [-0.05, 0) is 31.8 Å². The fourth-order valence-corrected chi connectivity index (χ4v) is 2.16. The highest BCUT2D eigenvalue weighted by Crippen LogP contribution is 2.25. The first-order chi connectivity index (χ1) is 8.20. The van der Waals surface area contributed by atoms with Gasteiger partial charge in [-0.1, -0.05) is 0 Å². The Labute approximate surface area is 105 Å². The summed E-state index contributed by atoms with van der Waals surface area (Å²) in [6.07, 6.45) is 0.885. The first-order valence-electron chi connectivity index (χ1n) is 5.56. The van der Waals surface area contributed by atoms with Crippen LogP contribution in [0.2, 0.25) is 0 Å². The highest BCUT2D eigenvalue weighted by molar-refractivity contribution is 7.10. The third-order valence-corrected chi connectivity index (χ3v) is 3.05. The van der Waals surface area contributed by atoms with E-state index in [1.807, 2.05) is 6.92 Å². The Kier molecular flexibility index (Phi) is 5.93. The van der Waals surface area contributed by atoms with E-state index in [4.69, 9.17) is 9.47 Å². The summed E-state index contributed by atoms with van der Waals surface area (Å²) in [5, 5.41) is 3.96. The highest BCUT2D eigenvalue weighted by Gasteiger charge is 2.18. The predicted molar refractivity (Wildman–Crippen MR) is 67.8 cm³/mol. The number of ether oxygens (including phenoxy) is 2. The molecule has 5 nitrogen and oxygen atoms in total. The van der Waals surface area contributed by atoms with Crippen LogP contribution in [-0.2, 0) is 9.47 Å². The van der Waals surface area contributed by atoms with Gasteiger partial charge in [-0.2, -0.15) is 4.37 Å². The summed E-state index contributed by atoms with van der Waals surface area (Å²) in [5.74, 6) is -0.312. The molecule has 1 rings (SSSR count). The van der Waals surface area contributed by atoms with Crippen molar-refractivity contribution in [2.45, 2.75) is 20.3 Å². The van der Waals surface area contributed by atoms with Gasteiger partial charge in [0.2, 0.25) is 0 Å². The highest BCUT2D eigenvalue weighted by atomic mass is 32.1. The first-order valence-corrected chi connectivity index (χ1v) is 6.34. The molecule has 96 valence electrons. The summed E-state index contributed by atoms with van der Waals surface area (Å²) in [6, 6.07) is 0. The van der Waals surface area contributed by atoms with Crippen molar-refractivity contribution in [2.75, 3.05) is 32.2 Å². The lowest BCUT2D eigenvalue weighted by Crippen LogP contribution is -2.10. The molecule has 1 aromatic heterocycles. The number of aryl methyl sites for hydroxylation is 1. The number of nitrogens with zero attached hydrogens (tertiary/aromatic N) is 1. The zero-order chi connectivity index (χ0) is 12.7. The molecule has 0 aliphatic carbocycles. The van der Waals surface area contributed by atoms with Crippen LogP contribution in [0.25, 0.3) is 0 Å². The van der Waals surface area contributed by atoms with Crippen molar-refractivity contribution in [3.8, 4) is 0 Å². The number of aromatic nitrogens is 1. The molecule has 1 aromatic rings. The van der Waals surface area contributed by atoms with Gasteiger partial charge >= 0.3 is 5.97 Å². The molecule has 0 aliphatic heterocycles. The number of esters is 1. The second-order valence-corrected chi connectivity index (χ2v) is 4.24. The van der Waals surface area contributed by atoms with Gasteiger partial charge in [-0.3, -0.25) is 0 Å². The lowest BCUT2D eigenvalue weighted by atomic mass is 10.2. The molecular weight excluding hydrogens is 240 g/mol. The van der Waals surface area contributed by atoms with Crippen molar-refractivity contribution in [1.82, 2.24) is 4.37 Å². The molecule has 0 aromatic carbocycles. The molecule has 6 heteroatoms. The van der Waals surface area contributed by atoms with Gasteiger partial charge in [0, 0.05) is 20.3 Å². The van der Waals surface area contributed by atoms with Gasteiger partial charge < -0.3 is 14.8 Å². The molecule has 17 heavy (non-hydrogen) atoms. The maximum Gasteiger partial charge on any atom is 0.343 e. The Morgan fingerprint density at radius 1 is 1.53 bits per heavy atom. The predicted octanol–water partition coefficient (Wildman–Crippen LogP) is 2.08. The van der Waals surface area contributed by atoms with Crippen LogP contribution in [0.1, 0.15) is 29.4 Å². The van der Waals surface area contributed by atoms with Crippen molar-refractivity contribution in [2.24, 2.45) is 0 Å². The molecule has 0 saturated heterocycles. The van der Waals surface area contributed by atoms with Crippen LogP contribution < -0.4 is 5.32 Å². The molecule has 0 amide bonds. The lowest BCUT2D eigenvalue weighted by Gasteiger charge is -2.06. The third-order valence-electron chi connectivity index (χ3n) is 2.15. The zero-order valence-corrected chi connectivity index (χ0v) is 11.2. The SMILES string of the molecule is CCOC(=O)c1c(C)nsc1NCCCOC. The molecule has 0 saturated carbocycles. The molecule has 0 aliphatic rings. The van der Waals surface area contributed by atoms with E-state index in [-0.39, 0.29) is 5.97 Å². The van der Waals surface area contributed by atoms with Crippen LogP contribution in [0.5, 0.6) is 0 Å². The second kappa shape index (κ2) is 7.24. The summed E-state index contributed by atoms with van der Waals surface area (Å²) in [4.78, 5) is 11.7. The summed E-state index contributed by atoms with van der Waals surface area (Å²) in [7, 11) is 1.67.